The van der Waals surface area contributed by atoms with Gasteiger partial charge < -0.3 is 0 Å². The molecule has 0 aliphatic carbocycles. The monoisotopic (exact) mass is 211 g/mol. The van der Waals surface area contributed by atoms with Crippen LogP contribution < -0.4 is 0 Å². The van der Waals surface area contributed by atoms with Gasteiger partial charge in [0.15, 0.2) is 5.65 Å². The highest BCUT2D eigenvalue weighted by molar-refractivity contribution is 5.61. The molecule has 0 N–H and O–H groups in total. The van der Waals surface area contributed by atoms with Crippen LogP contribution in [-0.2, 0) is 0 Å². The minimum absolute atomic E-state index is 0.796. The van der Waals surface area contributed by atoms with Crippen LogP contribution in [0.1, 0.15) is 5.69 Å². The van der Waals surface area contributed by atoms with Crippen molar-refractivity contribution < 1.29 is 0 Å². The molecule has 0 unspecified atom stereocenters. The Morgan fingerprint density at radius 2 is 1.94 bits per heavy atom. The fraction of sp³-hybridized carbons (Fsp3) is 0.0909. The van der Waals surface area contributed by atoms with Crippen LogP contribution in [0.3, 0.4) is 0 Å². The number of aryl methyl sites for hydroxylation is 1. The molecule has 0 radical (unpaired) electrons. The molecule has 16 heavy (non-hydrogen) atoms. The van der Waals surface area contributed by atoms with Gasteiger partial charge in [-0.2, -0.15) is 5.10 Å². The van der Waals surface area contributed by atoms with Gasteiger partial charge >= 0.3 is 0 Å². The van der Waals surface area contributed by atoms with E-state index in [1.54, 1.807) is 23.1 Å². The first kappa shape index (κ1) is 8.96. The fourth-order valence-electron chi connectivity index (χ4n) is 1.60. The van der Waals surface area contributed by atoms with Crippen LogP contribution in [0.5, 0.6) is 0 Å². The summed E-state index contributed by atoms with van der Waals surface area (Å²) in [6, 6.07) is 3.74. The zero-order valence-electron chi connectivity index (χ0n) is 8.70. The second-order valence-electron chi connectivity index (χ2n) is 3.44. The predicted octanol–water partition coefficient (Wildman–Crippen LogP) is 1.49. The quantitative estimate of drug-likeness (QED) is 0.612. The molecule has 3 heterocycles. The van der Waals surface area contributed by atoms with Gasteiger partial charge in [-0.25, -0.2) is 9.50 Å². The van der Waals surface area contributed by atoms with E-state index in [1.807, 2.05) is 25.3 Å². The molecule has 0 spiro atoms. The molecule has 0 saturated carbocycles. The molecule has 3 rings (SSSR count). The van der Waals surface area contributed by atoms with Gasteiger partial charge in [-0.15, -0.1) is 0 Å². The van der Waals surface area contributed by atoms with Gasteiger partial charge in [0.25, 0.3) is 0 Å². The number of aromatic nitrogens is 5. The molecule has 0 amide bonds. The molecule has 3 aromatic rings. The highest BCUT2D eigenvalue weighted by Gasteiger charge is 2.08. The van der Waals surface area contributed by atoms with E-state index < -0.39 is 0 Å². The predicted molar refractivity (Wildman–Crippen MR) is 58.8 cm³/mol. The lowest BCUT2D eigenvalue weighted by atomic mass is 10.2. The van der Waals surface area contributed by atoms with Crippen LogP contribution in [0.25, 0.3) is 17.0 Å². The summed E-state index contributed by atoms with van der Waals surface area (Å²) in [4.78, 5) is 12.7. The lowest BCUT2D eigenvalue weighted by Gasteiger charge is -1.97. The Morgan fingerprint density at radius 3 is 2.75 bits per heavy atom. The Bertz CT molecular complexity index is 610. The maximum Gasteiger partial charge on any atom is 0.155 e. The van der Waals surface area contributed by atoms with Crippen molar-refractivity contribution in [2.45, 2.75) is 6.92 Å². The van der Waals surface area contributed by atoms with E-state index in [1.165, 1.54) is 0 Å². The topological polar surface area (TPSA) is 56.0 Å². The highest BCUT2D eigenvalue weighted by Crippen LogP contribution is 2.18. The first-order chi connectivity index (χ1) is 7.84. The minimum atomic E-state index is 0.796. The average Bonchev–Trinajstić information content (AvgIpc) is 2.73. The number of nitrogens with zero attached hydrogens (tertiary/aromatic N) is 5. The molecule has 0 aromatic carbocycles. The first-order valence-electron chi connectivity index (χ1n) is 4.93. The van der Waals surface area contributed by atoms with Crippen molar-refractivity contribution in [2.24, 2.45) is 0 Å². The van der Waals surface area contributed by atoms with E-state index in [0.717, 1.165) is 22.7 Å². The number of rotatable bonds is 1. The van der Waals surface area contributed by atoms with E-state index in [2.05, 4.69) is 20.1 Å². The van der Waals surface area contributed by atoms with E-state index in [4.69, 9.17) is 0 Å². The molecule has 0 saturated heterocycles. The summed E-state index contributed by atoms with van der Waals surface area (Å²) in [6.07, 6.45) is 6.94. The fourth-order valence-corrected chi connectivity index (χ4v) is 1.60. The van der Waals surface area contributed by atoms with Crippen LogP contribution in [0, 0.1) is 6.92 Å². The van der Waals surface area contributed by atoms with Crippen LogP contribution in [0.15, 0.2) is 36.9 Å². The summed E-state index contributed by atoms with van der Waals surface area (Å²) in [5.41, 5.74) is 3.27. The van der Waals surface area contributed by atoms with Gasteiger partial charge in [0.1, 0.15) is 11.4 Å². The summed E-state index contributed by atoms with van der Waals surface area (Å²) in [5.74, 6) is 0. The zero-order chi connectivity index (χ0) is 11.0. The summed E-state index contributed by atoms with van der Waals surface area (Å²) >= 11 is 0. The van der Waals surface area contributed by atoms with Crippen molar-refractivity contribution in [3.8, 4) is 11.4 Å². The average molecular weight is 211 g/mol. The lowest BCUT2D eigenvalue weighted by Crippen LogP contribution is -1.92. The van der Waals surface area contributed by atoms with Crippen molar-refractivity contribution in [3.05, 3.63) is 42.6 Å². The molecule has 0 atom stereocenters. The summed E-state index contributed by atoms with van der Waals surface area (Å²) < 4.78 is 1.73. The van der Waals surface area contributed by atoms with Gasteiger partial charge in [-0.05, 0) is 13.0 Å². The van der Waals surface area contributed by atoms with Crippen molar-refractivity contribution >= 4 is 5.65 Å². The van der Waals surface area contributed by atoms with Crippen LogP contribution >= 0.6 is 0 Å². The largest absolute Gasteiger partial charge is 0.258 e. The van der Waals surface area contributed by atoms with Gasteiger partial charge in [-0.1, -0.05) is 0 Å². The van der Waals surface area contributed by atoms with Crippen molar-refractivity contribution in [1.82, 2.24) is 24.6 Å². The van der Waals surface area contributed by atoms with E-state index in [0.29, 0.717) is 0 Å². The van der Waals surface area contributed by atoms with Gasteiger partial charge in [0.05, 0.1) is 5.69 Å². The highest BCUT2D eigenvalue weighted by atomic mass is 15.2. The van der Waals surface area contributed by atoms with Gasteiger partial charge in [0.2, 0.25) is 0 Å². The molecular weight excluding hydrogens is 202 g/mol. The Labute approximate surface area is 91.8 Å². The number of fused-ring (bicyclic) bond motifs is 1. The summed E-state index contributed by atoms with van der Waals surface area (Å²) in [5, 5.41) is 4.40. The normalized spacial score (nSPS) is 10.8. The van der Waals surface area contributed by atoms with E-state index >= 15 is 0 Å². The Balaban J connectivity index is 2.23. The van der Waals surface area contributed by atoms with E-state index in [9.17, 15) is 0 Å². The van der Waals surface area contributed by atoms with Crippen molar-refractivity contribution in [1.29, 1.82) is 0 Å². The van der Waals surface area contributed by atoms with E-state index in [-0.39, 0.29) is 0 Å². The Kier molecular flexibility index (Phi) is 1.89. The molecule has 3 aromatic heterocycles. The minimum Gasteiger partial charge on any atom is -0.258 e. The smallest absolute Gasteiger partial charge is 0.155 e. The molecule has 0 fully saturated rings. The third-order valence-corrected chi connectivity index (χ3v) is 2.36. The second-order valence-corrected chi connectivity index (χ2v) is 3.44. The van der Waals surface area contributed by atoms with Gasteiger partial charge in [0, 0.05) is 30.9 Å². The van der Waals surface area contributed by atoms with Gasteiger partial charge in [-0.3, -0.25) is 9.97 Å². The van der Waals surface area contributed by atoms with Crippen LogP contribution in [0.4, 0.5) is 0 Å². The van der Waals surface area contributed by atoms with Crippen LogP contribution in [-0.4, -0.2) is 24.6 Å². The third-order valence-electron chi connectivity index (χ3n) is 2.36. The molecular formula is C11H9N5. The maximum absolute atomic E-state index is 4.40. The second kappa shape index (κ2) is 3.37. The SMILES string of the molecule is Cc1nccnc1-c1cc2ncccn2n1. The van der Waals surface area contributed by atoms with Crippen molar-refractivity contribution in [2.75, 3.05) is 0 Å². The lowest BCUT2D eigenvalue weighted by molar-refractivity contribution is 0.937. The summed E-state index contributed by atoms with van der Waals surface area (Å²) in [6.45, 7) is 1.92. The molecule has 0 bridgehead atoms. The Morgan fingerprint density at radius 1 is 1.06 bits per heavy atom. The maximum atomic E-state index is 4.40. The molecule has 5 heteroatoms. The first-order valence-corrected chi connectivity index (χ1v) is 4.93. The molecule has 78 valence electrons. The molecule has 5 nitrogen and oxygen atoms in total. The van der Waals surface area contributed by atoms with Crippen molar-refractivity contribution in [3.63, 3.8) is 0 Å². The standard InChI is InChI=1S/C11H9N5/c1-8-11(14-5-4-12-8)9-7-10-13-3-2-6-16(10)15-9/h2-7H,1H3. The number of hydrogen-bond acceptors (Lipinski definition) is 4. The Hall–Kier alpha value is -2.30. The molecule has 0 aliphatic rings. The number of hydrogen-bond donors (Lipinski definition) is 0. The third kappa shape index (κ3) is 1.33. The zero-order valence-corrected chi connectivity index (χ0v) is 8.70. The summed E-state index contributed by atoms with van der Waals surface area (Å²) in [7, 11) is 0. The van der Waals surface area contributed by atoms with Crippen LogP contribution in [0.2, 0.25) is 0 Å². The molecule has 0 aliphatic heterocycles.